The molecule has 1 aromatic heterocycles. The van der Waals surface area contributed by atoms with Crippen molar-refractivity contribution in [2.75, 3.05) is 24.1 Å². The van der Waals surface area contributed by atoms with E-state index in [1.807, 2.05) is 72.9 Å². The molecule has 0 saturated heterocycles. The molecule has 0 bridgehead atoms. The molecule has 246 valence electrons. The predicted octanol–water partition coefficient (Wildman–Crippen LogP) is 11.4. The molecule has 5 nitrogen and oxygen atoms in total. The number of nitrogens with zero attached hydrogens (tertiary/aromatic N) is 5. The lowest BCUT2D eigenvalue weighted by molar-refractivity contribution is 0.533. The first-order chi connectivity index (χ1) is 23.1. The van der Waals surface area contributed by atoms with Crippen LogP contribution >= 0.6 is 0 Å². The van der Waals surface area contributed by atoms with Gasteiger partial charge in [-0.15, -0.1) is 0 Å². The maximum atomic E-state index is 4.74. The molecule has 1 heterocycles. The Labute approximate surface area is 282 Å². The minimum absolute atomic E-state index is 1.03. The average Bonchev–Trinajstić information content (AvgIpc) is 3.42. The second-order valence-corrected chi connectivity index (χ2v) is 12.8. The Bertz CT molecular complexity index is 1590. The zero-order valence-corrected chi connectivity index (χ0v) is 28.8. The van der Waals surface area contributed by atoms with Gasteiger partial charge in [-0.25, -0.2) is 0 Å². The molecule has 0 aliphatic rings. The molecule has 0 radical (unpaired) electrons. The Morgan fingerprint density at radius 1 is 0.511 bits per heavy atom. The van der Waals surface area contributed by atoms with Gasteiger partial charge in [0.15, 0.2) is 0 Å². The standard InChI is InChI=1S/C42H53N5/c1-4-5-6-7-8-9-10-11-12-13-14-21-30-47-41-28-26-35(33-43-45(2)37-22-17-15-18-23-37)31-39(41)40-32-36(27-29-42(40)47)34-44-46(3)38-24-19-16-20-25-38/h15-20,22-29,31-34H,4-14,21,30H2,1-3H3/b43-33+,44-34+. The first kappa shape index (κ1) is 34.0. The lowest BCUT2D eigenvalue weighted by Gasteiger charge is -2.12. The van der Waals surface area contributed by atoms with E-state index in [1.165, 1.54) is 98.9 Å². The van der Waals surface area contributed by atoms with E-state index in [0.717, 1.165) is 29.0 Å². The van der Waals surface area contributed by atoms with Crippen LogP contribution in [0, 0.1) is 0 Å². The van der Waals surface area contributed by atoms with E-state index in [9.17, 15) is 0 Å². The van der Waals surface area contributed by atoms with Crippen LogP contribution in [-0.4, -0.2) is 31.1 Å². The van der Waals surface area contributed by atoms with E-state index in [2.05, 4.69) is 72.2 Å². The van der Waals surface area contributed by atoms with Gasteiger partial charge in [-0.2, -0.15) is 10.2 Å². The highest BCUT2D eigenvalue weighted by atomic mass is 15.4. The smallest absolute Gasteiger partial charge is 0.0590 e. The molecular weight excluding hydrogens is 574 g/mol. The van der Waals surface area contributed by atoms with Gasteiger partial charge in [0.2, 0.25) is 0 Å². The van der Waals surface area contributed by atoms with E-state index < -0.39 is 0 Å². The SMILES string of the molecule is CCCCCCCCCCCCCCn1c2ccc(/C=N/N(C)c3ccccc3)cc2c2cc(/C=N/N(C)c3ccccc3)ccc21. The van der Waals surface area contributed by atoms with Gasteiger partial charge in [0.05, 0.1) is 23.8 Å². The maximum Gasteiger partial charge on any atom is 0.0590 e. The predicted molar refractivity (Wildman–Crippen MR) is 205 cm³/mol. The molecule has 5 heteroatoms. The molecule has 0 spiro atoms. The fraction of sp³-hybridized carbons (Fsp3) is 0.381. The molecule has 47 heavy (non-hydrogen) atoms. The quantitative estimate of drug-likeness (QED) is 0.0519. The summed E-state index contributed by atoms with van der Waals surface area (Å²) in [5.74, 6) is 0. The van der Waals surface area contributed by atoms with Crippen molar-refractivity contribution in [2.45, 2.75) is 90.5 Å². The van der Waals surface area contributed by atoms with Gasteiger partial charge in [0.25, 0.3) is 0 Å². The number of hydrogen-bond donors (Lipinski definition) is 0. The highest BCUT2D eigenvalue weighted by Crippen LogP contribution is 2.31. The van der Waals surface area contributed by atoms with E-state index in [4.69, 9.17) is 10.2 Å². The van der Waals surface area contributed by atoms with Crippen molar-refractivity contribution in [3.05, 3.63) is 108 Å². The Balaban J connectivity index is 1.29. The third kappa shape index (κ3) is 9.81. The molecule has 0 unspecified atom stereocenters. The molecule has 0 fully saturated rings. The number of fused-ring (bicyclic) bond motifs is 3. The molecule has 5 rings (SSSR count). The van der Waals surface area contributed by atoms with Crippen LogP contribution in [0.2, 0.25) is 0 Å². The number of hydrazone groups is 2. The monoisotopic (exact) mass is 627 g/mol. The maximum absolute atomic E-state index is 4.74. The van der Waals surface area contributed by atoms with Gasteiger partial charge in [-0.05, 0) is 66.1 Å². The summed E-state index contributed by atoms with van der Waals surface area (Å²) in [5.41, 5.74) is 6.88. The number of para-hydroxylation sites is 2. The zero-order valence-electron chi connectivity index (χ0n) is 28.8. The molecule has 4 aromatic carbocycles. The average molecular weight is 628 g/mol. The molecular formula is C42H53N5. The van der Waals surface area contributed by atoms with E-state index in [-0.39, 0.29) is 0 Å². The fourth-order valence-corrected chi connectivity index (χ4v) is 6.38. The van der Waals surface area contributed by atoms with Crippen molar-refractivity contribution in [1.29, 1.82) is 0 Å². The van der Waals surface area contributed by atoms with Gasteiger partial charge >= 0.3 is 0 Å². The summed E-state index contributed by atoms with van der Waals surface area (Å²) < 4.78 is 2.52. The molecule has 0 atom stereocenters. The highest BCUT2D eigenvalue weighted by Gasteiger charge is 2.12. The summed E-state index contributed by atoms with van der Waals surface area (Å²) >= 11 is 0. The largest absolute Gasteiger partial charge is 0.340 e. The van der Waals surface area contributed by atoms with Gasteiger partial charge in [0, 0.05) is 42.4 Å². The third-order valence-electron chi connectivity index (χ3n) is 9.17. The summed E-state index contributed by atoms with van der Waals surface area (Å²) in [7, 11) is 3.98. The van der Waals surface area contributed by atoms with Crippen LogP contribution in [0.3, 0.4) is 0 Å². The van der Waals surface area contributed by atoms with Crippen molar-refractivity contribution in [3.63, 3.8) is 0 Å². The summed E-state index contributed by atoms with van der Waals surface area (Å²) in [4.78, 5) is 0. The van der Waals surface area contributed by atoms with E-state index in [1.54, 1.807) is 0 Å². The molecule has 0 aliphatic carbocycles. The second-order valence-electron chi connectivity index (χ2n) is 12.8. The Morgan fingerprint density at radius 2 is 0.915 bits per heavy atom. The lowest BCUT2D eigenvalue weighted by Crippen LogP contribution is -2.08. The number of unbranched alkanes of at least 4 members (excludes halogenated alkanes) is 11. The molecule has 0 aliphatic heterocycles. The van der Waals surface area contributed by atoms with Crippen molar-refractivity contribution in [3.8, 4) is 0 Å². The van der Waals surface area contributed by atoms with E-state index in [0.29, 0.717) is 0 Å². The lowest BCUT2D eigenvalue weighted by atomic mass is 10.1. The van der Waals surface area contributed by atoms with Crippen LogP contribution in [-0.2, 0) is 6.54 Å². The highest BCUT2D eigenvalue weighted by molar-refractivity contribution is 6.11. The van der Waals surface area contributed by atoms with Gasteiger partial charge in [-0.1, -0.05) is 126 Å². The third-order valence-corrected chi connectivity index (χ3v) is 9.17. The summed E-state index contributed by atoms with van der Waals surface area (Å²) in [6, 6.07) is 34.0. The zero-order chi connectivity index (χ0) is 32.7. The van der Waals surface area contributed by atoms with Gasteiger partial charge < -0.3 is 4.57 Å². The normalized spacial score (nSPS) is 11.8. The number of anilines is 2. The topological polar surface area (TPSA) is 36.1 Å². The molecule has 5 aromatic rings. The number of aromatic nitrogens is 1. The first-order valence-electron chi connectivity index (χ1n) is 17.9. The summed E-state index contributed by atoms with van der Waals surface area (Å²) in [6.45, 7) is 3.33. The van der Waals surface area contributed by atoms with Crippen molar-refractivity contribution in [2.24, 2.45) is 10.2 Å². The number of benzene rings is 4. The molecule has 0 saturated carbocycles. The minimum Gasteiger partial charge on any atom is -0.340 e. The number of aryl methyl sites for hydroxylation is 1. The van der Waals surface area contributed by atoms with Crippen molar-refractivity contribution < 1.29 is 0 Å². The first-order valence-corrected chi connectivity index (χ1v) is 17.9. The van der Waals surface area contributed by atoms with E-state index >= 15 is 0 Å². The Morgan fingerprint density at radius 3 is 1.34 bits per heavy atom. The summed E-state index contributed by atoms with van der Waals surface area (Å²) in [6.07, 6.45) is 20.3. The van der Waals surface area contributed by atoms with Crippen LogP contribution in [0.1, 0.15) is 95.1 Å². The van der Waals surface area contributed by atoms with Crippen molar-refractivity contribution in [1.82, 2.24) is 4.57 Å². The number of rotatable bonds is 19. The summed E-state index contributed by atoms with van der Waals surface area (Å²) in [5, 5.41) is 15.8. The minimum atomic E-state index is 1.03. The van der Waals surface area contributed by atoms with Crippen LogP contribution in [0.4, 0.5) is 11.4 Å². The van der Waals surface area contributed by atoms with Crippen molar-refractivity contribution >= 4 is 45.6 Å². The van der Waals surface area contributed by atoms with Crippen LogP contribution in [0.25, 0.3) is 21.8 Å². The van der Waals surface area contributed by atoms with Gasteiger partial charge in [0.1, 0.15) is 0 Å². The van der Waals surface area contributed by atoms with Crippen LogP contribution < -0.4 is 10.0 Å². The second kappa shape index (κ2) is 18.1. The van der Waals surface area contributed by atoms with Crippen LogP contribution in [0.15, 0.2) is 107 Å². The fourth-order valence-electron chi connectivity index (χ4n) is 6.38. The van der Waals surface area contributed by atoms with Gasteiger partial charge in [-0.3, -0.25) is 10.0 Å². The molecule has 0 amide bonds. The van der Waals surface area contributed by atoms with Crippen LogP contribution in [0.5, 0.6) is 0 Å². The Kier molecular flexibility index (Phi) is 13.1. The number of hydrogen-bond acceptors (Lipinski definition) is 4. The Hall–Kier alpha value is -4.38. The molecule has 0 N–H and O–H groups in total.